The Bertz CT molecular complexity index is 1550. The zero-order valence-corrected chi connectivity index (χ0v) is 16.1. The molecule has 0 atom stereocenters. The highest BCUT2D eigenvalue weighted by molar-refractivity contribution is 6.01. The smallest absolute Gasteiger partial charge is 0.0795 e. The third kappa shape index (κ3) is 2.72. The zero-order chi connectivity index (χ0) is 19.9. The Hall–Kier alpha value is -4.11. The molecule has 1 radical (unpaired) electrons. The van der Waals surface area contributed by atoms with Crippen molar-refractivity contribution in [3.05, 3.63) is 103 Å². The van der Waals surface area contributed by atoms with Crippen LogP contribution in [0, 0.1) is 6.07 Å². The lowest BCUT2D eigenvalue weighted by Gasteiger charge is -2.13. The third-order valence-corrected chi connectivity index (χ3v) is 5.45. The minimum absolute atomic E-state index is 0.853. The lowest BCUT2D eigenvalue weighted by Crippen LogP contribution is -1.94. The van der Waals surface area contributed by atoms with Gasteiger partial charge < -0.3 is 0 Å². The van der Waals surface area contributed by atoms with Crippen LogP contribution in [-0.4, -0.2) is 15.0 Å². The molecule has 0 spiro atoms. The van der Waals surface area contributed by atoms with Gasteiger partial charge in [0.2, 0.25) is 0 Å². The Kier molecular flexibility index (Phi) is 3.78. The number of aromatic nitrogens is 3. The molecule has 6 aromatic rings. The van der Waals surface area contributed by atoms with Crippen LogP contribution in [0.5, 0.6) is 0 Å². The average molecular weight is 382 g/mol. The quantitative estimate of drug-likeness (QED) is 0.345. The fraction of sp³-hybridized carbons (Fsp3) is 0. The second kappa shape index (κ2) is 6.75. The molecule has 0 aliphatic carbocycles. The van der Waals surface area contributed by atoms with E-state index in [1.165, 1.54) is 0 Å². The first-order valence-corrected chi connectivity index (χ1v) is 9.87. The summed E-state index contributed by atoms with van der Waals surface area (Å²) in [6, 6.07) is 32.0. The van der Waals surface area contributed by atoms with Crippen molar-refractivity contribution in [1.82, 2.24) is 15.0 Å². The second-order valence-electron chi connectivity index (χ2n) is 7.28. The van der Waals surface area contributed by atoms with Crippen molar-refractivity contribution in [3.8, 4) is 22.4 Å². The number of hydrogen-bond donors (Lipinski definition) is 0. The molecule has 3 aromatic carbocycles. The molecule has 0 unspecified atom stereocenters. The molecule has 3 nitrogen and oxygen atoms in total. The van der Waals surface area contributed by atoms with Crippen molar-refractivity contribution in [2.24, 2.45) is 0 Å². The Morgan fingerprint density at radius 1 is 0.667 bits per heavy atom. The summed E-state index contributed by atoms with van der Waals surface area (Å²) in [6.45, 7) is 0. The zero-order valence-electron chi connectivity index (χ0n) is 16.1. The molecule has 3 aromatic heterocycles. The first-order valence-electron chi connectivity index (χ1n) is 9.87. The molecule has 0 N–H and O–H groups in total. The largest absolute Gasteiger partial charge is 0.256 e. The fourth-order valence-corrected chi connectivity index (χ4v) is 4.00. The summed E-state index contributed by atoms with van der Waals surface area (Å²) in [5, 5.41) is 3.25. The summed E-state index contributed by atoms with van der Waals surface area (Å²) in [5.41, 5.74) is 6.87. The van der Waals surface area contributed by atoms with Crippen LogP contribution in [0.2, 0.25) is 0 Å². The van der Waals surface area contributed by atoms with Crippen LogP contribution in [0.1, 0.15) is 0 Å². The van der Waals surface area contributed by atoms with E-state index in [1.54, 1.807) is 0 Å². The van der Waals surface area contributed by atoms with Crippen molar-refractivity contribution < 1.29 is 0 Å². The van der Waals surface area contributed by atoms with Crippen molar-refractivity contribution in [1.29, 1.82) is 0 Å². The summed E-state index contributed by atoms with van der Waals surface area (Å²) in [7, 11) is 0. The highest BCUT2D eigenvalue weighted by Gasteiger charge is 2.15. The topological polar surface area (TPSA) is 38.7 Å². The van der Waals surface area contributed by atoms with Gasteiger partial charge in [0.1, 0.15) is 0 Å². The predicted octanol–water partition coefficient (Wildman–Crippen LogP) is 6.47. The van der Waals surface area contributed by atoms with E-state index in [0.717, 1.165) is 55.1 Å². The molecule has 0 fully saturated rings. The molecular weight excluding hydrogens is 366 g/mol. The van der Waals surface area contributed by atoms with E-state index in [-0.39, 0.29) is 0 Å². The average Bonchev–Trinajstić information content (AvgIpc) is 2.82. The highest BCUT2D eigenvalue weighted by atomic mass is 14.7. The van der Waals surface area contributed by atoms with Gasteiger partial charge in [-0.1, -0.05) is 54.6 Å². The fourth-order valence-electron chi connectivity index (χ4n) is 4.00. The van der Waals surface area contributed by atoms with Gasteiger partial charge >= 0.3 is 0 Å². The van der Waals surface area contributed by atoms with Crippen LogP contribution >= 0.6 is 0 Å². The third-order valence-electron chi connectivity index (χ3n) is 5.45. The summed E-state index contributed by atoms with van der Waals surface area (Å²) < 4.78 is 0. The number of fused-ring (bicyclic) bond motifs is 3. The standard InChI is InChI=1S/C27H16N3/c1-3-11-24-18(7-1)15-20(17-29-24)23-16-19-8-2-4-12-25(19)30-27(23)22-9-5-13-26-21(22)10-6-14-28-26/h1-11,13-17H. The van der Waals surface area contributed by atoms with Gasteiger partial charge in [-0.3, -0.25) is 9.97 Å². The van der Waals surface area contributed by atoms with Gasteiger partial charge in [0.15, 0.2) is 0 Å². The molecule has 0 aliphatic heterocycles. The number of rotatable bonds is 2. The highest BCUT2D eigenvalue weighted by Crippen LogP contribution is 2.36. The van der Waals surface area contributed by atoms with E-state index in [0.29, 0.717) is 0 Å². The van der Waals surface area contributed by atoms with E-state index in [9.17, 15) is 0 Å². The molecule has 6 rings (SSSR count). The molecule has 139 valence electrons. The molecule has 0 saturated carbocycles. The van der Waals surface area contributed by atoms with Gasteiger partial charge in [-0.15, -0.1) is 0 Å². The van der Waals surface area contributed by atoms with Crippen LogP contribution in [0.4, 0.5) is 0 Å². The van der Waals surface area contributed by atoms with Gasteiger partial charge in [0.25, 0.3) is 0 Å². The molecular formula is C27H16N3. The first-order chi connectivity index (χ1) is 14.9. The maximum atomic E-state index is 5.04. The minimum Gasteiger partial charge on any atom is -0.256 e. The van der Waals surface area contributed by atoms with Crippen LogP contribution in [0.3, 0.4) is 0 Å². The maximum absolute atomic E-state index is 5.04. The van der Waals surface area contributed by atoms with Gasteiger partial charge in [0, 0.05) is 51.3 Å². The molecule has 0 amide bonds. The first kappa shape index (κ1) is 16.8. The lowest BCUT2D eigenvalue weighted by atomic mass is 9.95. The molecule has 0 bridgehead atoms. The number of pyridine rings is 3. The normalized spacial score (nSPS) is 11.3. The van der Waals surface area contributed by atoms with Crippen LogP contribution in [-0.2, 0) is 0 Å². The van der Waals surface area contributed by atoms with Gasteiger partial charge in [0.05, 0.1) is 22.2 Å². The Morgan fingerprint density at radius 3 is 2.57 bits per heavy atom. The molecule has 0 aliphatic rings. The molecule has 3 heterocycles. The van der Waals surface area contributed by atoms with Gasteiger partial charge in [-0.05, 0) is 30.3 Å². The molecule has 3 heteroatoms. The molecule has 30 heavy (non-hydrogen) atoms. The van der Waals surface area contributed by atoms with E-state index in [4.69, 9.17) is 4.98 Å². The maximum Gasteiger partial charge on any atom is 0.0795 e. The van der Waals surface area contributed by atoms with E-state index in [1.807, 2.05) is 60.9 Å². The Labute approximate surface area is 173 Å². The molecule has 0 saturated heterocycles. The monoisotopic (exact) mass is 382 g/mol. The van der Waals surface area contributed by atoms with Crippen LogP contribution < -0.4 is 0 Å². The number of hydrogen-bond acceptors (Lipinski definition) is 3. The number of para-hydroxylation sites is 2. The Morgan fingerprint density at radius 2 is 1.57 bits per heavy atom. The van der Waals surface area contributed by atoms with Crippen LogP contribution in [0.15, 0.2) is 97.3 Å². The number of nitrogens with zero attached hydrogens (tertiary/aromatic N) is 3. The summed E-state index contributed by atoms with van der Waals surface area (Å²) in [6.07, 6.45) is 3.76. The number of benzene rings is 3. The van der Waals surface area contributed by atoms with Crippen molar-refractivity contribution in [3.63, 3.8) is 0 Å². The second-order valence-corrected chi connectivity index (χ2v) is 7.28. The van der Waals surface area contributed by atoms with Gasteiger partial charge in [-0.25, -0.2) is 4.98 Å². The summed E-state index contributed by atoms with van der Waals surface area (Å²) >= 11 is 0. The van der Waals surface area contributed by atoms with E-state index in [2.05, 4.69) is 52.4 Å². The lowest BCUT2D eigenvalue weighted by molar-refractivity contribution is 1.37. The van der Waals surface area contributed by atoms with Crippen LogP contribution in [0.25, 0.3) is 55.1 Å². The van der Waals surface area contributed by atoms with Gasteiger partial charge in [-0.2, -0.15) is 0 Å². The summed E-state index contributed by atoms with van der Waals surface area (Å²) in [4.78, 5) is 14.3. The van der Waals surface area contributed by atoms with E-state index >= 15 is 0 Å². The SMILES string of the molecule is [c]1cccc2cc(-c3cnc4ccccc4c3)c(-c3cccc4ncccc34)nc12. The van der Waals surface area contributed by atoms with Crippen molar-refractivity contribution in [2.45, 2.75) is 0 Å². The predicted molar refractivity (Wildman–Crippen MR) is 122 cm³/mol. The Balaban J connectivity index is 1.70. The minimum atomic E-state index is 0.853. The summed E-state index contributed by atoms with van der Waals surface area (Å²) in [5.74, 6) is 0. The van der Waals surface area contributed by atoms with Crippen molar-refractivity contribution >= 4 is 32.7 Å². The van der Waals surface area contributed by atoms with Crippen molar-refractivity contribution in [2.75, 3.05) is 0 Å². The van der Waals surface area contributed by atoms with E-state index < -0.39 is 0 Å².